The minimum atomic E-state index is -4.22. The highest BCUT2D eigenvalue weighted by atomic mass is 19.4. The SMILES string of the molecule is CC(C(=O)NC1CCCCC1C(F)(F)F)=C1CNC1. The fourth-order valence-corrected chi connectivity index (χ4v) is 2.65. The van der Waals surface area contributed by atoms with Gasteiger partial charge in [-0.2, -0.15) is 13.2 Å². The molecule has 1 heterocycles. The van der Waals surface area contributed by atoms with E-state index in [9.17, 15) is 18.0 Å². The van der Waals surface area contributed by atoms with Crippen LogP contribution in [0.5, 0.6) is 0 Å². The molecule has 0 aromatic heterocycles. The Hall–Kier alpha value is -1.04. The highest BCUT2D eigenvalue weighted by Gasteiger charge is 2.46. The number of carbonyl (C=O) groups is 1. The zero-order valence-corrected chi connectivity index (χ0v) is 10.9. The third-order valence-corrected chi connectivity index (χ3v) is 4.05. The highest BCUT2D eigenvalue weighted by Crippen LogP contribution is 2.37. The van der Waals surface area contributed by atoms with Crippen LogP contribution in [0, 0.1) is 5.92 Å². The number of halogens is 3. The Morgan fingerprint density at radius 3 is 2.42 bits per heavy atom. The molecule has 1 saturated heterocycles. The smallest absolute Gasteiger partial charge is 0.349 e. The van der Waals surface area contributed by atoms with E-state index in [0.717, 1.165) is 12.0 Å². The highest BCUT2D eigenvalue weighted by molar-refractivity contribution is 5.94. The second kappa shape index (κ2) is 5.53. The Bertz CT molecular complexity index is 384. The molecule has 0 aromatic carbocycles. The van der Waals surface area contributed by atoms with Crippen molar-refractivity contribution in [3.63, 3.8) is 0 Å². The van der Waals surface area contributed by atoms with E-state index in [-0.39, 0.29) is 12.3 Å². The Balaban J connectivity index is 2.01. The molecule has 0 aromatic rings. The minimum absolute atomic E-state index is 0.117. The molecule has 3 nitrogen and oxygen atoms in total. The van der Waals surface area contributed by atoms with E-state index in [0.29, 0.717) is 31.5 Å². The average Bonchev–Trinajstić information content (AvgIpc) is 2.25. The second-order valence-corrected chi connectivity index (χ2v) is 5.34. The van der Waals surface area contributed by atoms with Crippen molar-refractivity contribution in [3.05, 3.63) is 11.1 Å². The van der Waals surface area contributed by atoms with Crippen molar-refractivity contribution in [1.82, 2.24) is 10.6 Å². The Labute approximate surface area is 110 Å². The third-order valence-electron chi connectivity index (χ3n) is 4.05. The number of carbonyl (C=O) groups excluding carboxylic acids is 1. The van der Waals surface area contributed by atoms with Gasteiger partial charge in [0.15, 0.2) is 0 Å². The maximum absolute atomic E-state index is 12.9. The summed E-state index contributed by atoms with van der Waals surface area (Å²) in [4.78, 5) is 12.0. The summed E-state index contributed by atoms with van der Waals surface area (Å²) in [6.45, 7) is 3.00. The van der Waals surface area contributed by atoms with E-state index in [1.807, 2.05) is 0 Å². The van der Waals surface area contributed by atoms with Crippen LogP contribution in [0.1, 0.15) is 32.6 Å². The minimum Gasteiger partial charge on any atom is -0.349 e. The number of alkyl halides is 3. The van der Waals surface area contributed by atoms with Crippen molar-refractivity contribution in [1.29, 1.82) is 0 Å². The standard InChI is InChI=1S/C13H19F3N2O/c1-8(9-6-17-7-9)12(19)18-11-5-3-2-4-10(11)13(14,15)16/h10-11,17H,2-7H2,1H3,(H,18,19). The lowest BCUT2D eigenvalue weighted by Crippen LogP contribution is -2.48. The van der Waals surface area contributed by atoms with Gasteiger partial charge in [-0.05, 0) is 25.3 Å². The van der Waals surface area contributed by atoms with Crippen molar-refractivity contribution >= 4 is 5.91 Å². The number of hydrogen-bond acceptors (Lipinski definition) is 2. The van der Waals surface area contributed by atoms with Gasteiger partial charge in [-0.3, -0.25) is 4.79 Å². The van der Waals surface area contributed by atoms with Crippen molar-refractivity contribution in [3.8, 4) is 0 Å². The third kappa shape index (κ3) is 3.29. The van der Waals surface area contributed by atoms with E-state index in [2.05, 4.69) is 10.6 Å². The van der Waals surface area contributed by atoms with Crippen LogP contribution in [0.3, 0.4) is 0 Å². The predicted molar refractivity (Wildman–Crippen MR) is 65.5 cm³/mol. The Morgan fingerprint density at radius 2 is 1.89 bits per heavy atom. The van der Waals surface area contributed by atoms with E-state index < -0.39 is 18.1 Å². The van der Waals surface area contributed by atoms with Crippen LogP contribution < -0.4 is 10.6 Å². The van der Waals surface area contributed by atoms with E-state index >= 15 is 0 Å². The molecule has 19 heavy (non-hydrogen) atoms. The van der Waals surface area contributed by atoms with Gasteiger partial charge >= 0.3 is 6.18 Å². The molecule has 1 aliphatic carbocycles. The van der Waals surface area contributed by atoms with Gasteiger partial charge in [-0.15, -0.1) is 0 Å². The van der Waals surface area contributed by atoms with Crippen LogP contribution in [0.2, 0.25) is 0 Å². The van der Waals surface area contributed by atoms with Gasteiger partial charge in [0.25, 0.3) is 0 Å². The van der Waals surface area contributed by atoms with Gasteiger partial charge in [0.1, 0.15) is 0 Å². The molecule has 2 aliphatic rings. The summed E-state index contributed by atoms with van der Waals surface area (Å²) in [6, 6.07) is -0.773. The lowest BCUT2D eigenvalue weighted by atomic mass is 9.83. The van der Waals surface area contributed by atoms with Gasteiger partial charge < -0.3 is 10.6 Å². The van der Waals surface area contributed by atoms with Crippen LogP contribution >= 0.6 is 0 Å². The van der Waals surface area contributed by atoms with Crippen LogP contribution in [0.4, 0.5) is 13.2 Å². The lowest BCUT2D eigenvalue weighted by Gasteiger charge is -2.34. The number of hydrogen-bond donors (Lipinski definition) is 2. The summed E-state index contributed by atoms with van der Waals surface area (Å²) in [7, 11) is 0. The van der Waals surface area contributed by atoms with Crippen LogP contribution in [-0.4, -0.2) is 31.2 Å². The molecular formula is C13H19F3N2O. The second-order valence-electron chi connectivity index (χ2n) is 5.34. The Morgan fingerprint density at radius 1 is 1.26 bits per heavy atom. The first-order valence-electron chi connectivity index (χ1n) is 6.66. The lowest BCUT2D eigenvalue weighted by molar-refractivity contribution is -0.189. The zero-order chi connectivity index (χ0) is 14.0. The van der Waals surface area contributed by atoms with Crippen LogP contribution in [0.15, 0.2) is 11.1 Å². The van der Waals surface area contributed by atoms with Crippen LogP contribution in [-0.2, 0) is 4.79 Å². The summed E-state index contributed by atoms with van der Waals surface area (Å²) in [6.07, 6.45) is -2.37. The first-order valence-corrected chi connectivity index (χ1v) is 6.66. The maximum Gasteiger partial charge on any atom is 0.393 e. The zero-order valence-electron chi connectivity index (χ0n) is 10.9. The van der Waals surface area contributed by atoms with Crippen molar-refractivity contribution in [2.45, 2.75) is 44.8 Å². The molecule has 2 fully saturated rings. The summed E-state index contributed by atoms with van der Waals surface area (Å²) in [5.41, 5.74) is 1.54. The summed E-state index contributed by atoms with van der Waals surface area (Å²) >= 11 is 0. The molecule has 1 amide bonds. The molecule has 1 aliphatic heterocycles. The fraction of sp³-hybridized carbons (Fsp3) is 0.769. The molecule has 0 radical (unpaired) electrons. The molecule has 1 saturated carbocycles. The largest absolute Gasteiger partial charge is 0.393 e. The van der Waals surface area contributed by atoms with Gasteiger partial charge in [0.05, 0.1) is 5.92 Å². The molecule has 2 atom stereocenters. The topological polar surface area (TPSA) is 41.1 Å². The van der Waals surface area contributed by atoms with Gasteiger partial charge in [-0.1, -0.05) is 12.8 Å². The maximum atomic E-state index is 12.9. The number of amides is 1. The van der Waals surface area contributed by atoms with Gasteiger partial charge in [0.2, 0.25) is 5.91 Å². The van der Waals surface area contributed by atoms with E-state index in [4.69, 9.17) is 0 Å². The molecule has 108 valence electrons. The molecule has 6 heteroatoms. The first-order chi connectivity index (χ1) is 8.89. The average molecular weight is 276 g/mol. The van der Waals surface area contributed by atoms with Gasteiger partial charge in [-0.25, -0.2) is 0 Å². The normalized spacial score (nSPS) is 27.7. The fourth-order valence-electron chi connectivity index (χ4n) is 2.65. The van der Waals surface area contributed by atoms with E-state index in [1.165, 1.54) is 0 Å². The Kier molecular flexibility index (Phi) is 4.18. The molecule has 2 rings (SSSR count). The summed E-state index contributed by atoms with van der Waals surface area (Å²) < 4.78 is 38.7. The summed E-state index contributed by atoms with van der Waals surface area (Å²) in [5.74, 6) is -1.75. The van der Waals surface area contributed by atoms with Crippen molar-refractivity contribution < 1.29 is 18.0 Å². The molecular weight excluding hydrogens is 257 g/mol. The van der Waals surface area contributed by atoms with Crippen molar-refractivity contribution in [2.24, 2.45) is 5.92 Å². The molecule has 2 N–H and O–H groups in total. The van der Waals surface area contributed by atoms with E-state index in [1.54, 1.807) is 6.92 Å². The predicted octanol–water partition coefficient (Wildman–Crippen LogP) is 2.14. The number of rotatable bonds is 2. The molecule has 2 unspecified atom stereocenters. The quantitative estimate of drug-likeness (QED) is 0.759. The number of nitrogens with one attached hydrogen (secondary N) is 2. The first kappa shape index (κ1) is 14.4. The van der Waals surface area contributed by atoms with Crippen LogP contribution in [0.25, 0.3) is 0 Å². The molecule has 0 spiro atoms. The van der Waals surface area contributed by atoms with Gasteiger partial charge in [0, 0.05) is 24.7 Å². The monoisotopic (exact) mass is 276 g/mol. The molecule has 0 bridgehead atoms. The summed E-state index contributed by atoms with van der Waals surface area (Å²) in [5, 5.41) is 5.60. The van der Waals surface area contributed by atoms with Crippen molar-refractivity contribution in [2.75, 3.05) is 13.1 Å².